The maximum atomic E-state index is 5.99. The molecule has 0 saturated heterocycles. The maximum Gasteiger partial charge on any atom is 0.184 e. The Morgan fingerprint density at radius 3 is 2.68 bits per heavy atom. The van der Waals surface area contributed by atoms with Crippen LogP contribution in [0, 0.1) is 5.92 Å². The highest BCUT2D eigenvalue weighted by Gasteiger charge is 2.22. The summed E-state index contributed by atoms with van der Waals surface area (Å²) in [7, 11) is 1.68. The Morgan fingerprint density at radius 2 is 2.05 bits per heavy atom. The summed E-state index contributed by atoms with van der Waals surface area (Å²) < 4.78 is 7.05. The van der Waals surface area contributed by atoms with E-state index in [9.17, 15) is 0 Å². The van der Waals surface area contributed by atoms with E-state index in [0.717, 1.165) is 5.56 Å². The Balaban J connectivity index is 2.44. The van der Waals surface area contributed by atoms with Crippen molar-refractivity contribution in [3.8, 4) is 11.4 Å². The summed E-state index contributed by atoms with van der Waals surface area (Å²) in [5, 5.41) is 12.0. The van der Waals surface area contributed by atoms with Gasteiger partial charge >= 0.3 is 0 Å². The maximum absolute atomic E-state index is 5.99. The first kappa shape index (κ1) is 13.5. The summed E-state index contributed by atoms with van der Waals surface area (Å²) in [6, 6.07) is 7.65. The lowest BCUT2D eigenvalue weighted by atomic mass is 10.0. The first-order valence-electron chi connectivity index (χ1n) is 6.26. The molecule has 1 atom stereocenters. The molecule has 0 aliphatic rings. The lowest BCUT2D eigenvalue weighted by Gasteiger charge is -2.21. The molecule has 0 aliphatic heterocycles. The predicted molar refractivity (Wildman–Crippen MR) is 73.4 cm³/mol. The highest BCUT2D eigenvalue weighted by molar-refractivity contribution is 5.71. The van der Waals surface area contributed by atoms with Crippen molar-refractivity contribution in [3.63, 3.8) is 0 Å². The number of benzene rings is 1. The third kappa shape index (κ3) is 2.73. The van der Waals surface area contributed by atoms with Gasteiger partial charge in [-0.15, -0.1) is 5.10 Å². The minimum absolute atomic E-state index is 0.0783. The van der Waals surface area contributed by atoms with Crippen LogP contribution in [-0.4, -0.2) is 33.9 Å². The van der Waals surface area contributed by atoms with Crippen LogP contribution in [0.1, 0.15) is 19.9 Å². The molecule has 6 nitrogen and oxygen atoms in total. The number of tetrazole rings is 1. The Bertz CT molecular complexity index is 537. The van der Waals surface area contributed by atoms with Crippen LogP contribution in [0.3, 0.4) is 0 Å². The second-order valence-corrected chi connectivity index (χ2v) is 4.80. The van der Waals surface area contributed by atoms with Crippen molar-refractivity contribution in [2.45, 2.75) is 19.9 Å². The fourth-order valence-corrected chi connectivity index (χ4v) is 2.01. The first-order chi connectivity index (χ1) is 9.15. The van der Waals surface area contributed by atoms with E-state index < -0.39 is 0 Å². The van der Waals surface area contributed by atoms with Gasteiger partial charge in [-0.1, -0.05) is 26.0 Å². The molecule has 2 N–H and O–H groups in total. The molecule has 1 unspecified atom stereocenters. The van der Waals surface area contributed by atoms with Gasteiger partial charge in [0, 0.05) is 18.4 Å². The fourth-order valence-electron chi connectivity index (χ4n) is 2.01. The van der Waals surface area contributed by atoms with Gasteiger partial charge in [-0.2, -0.15) is 0 Å². The summed E-state index contributed by atoms with van der Waals surface area (Å²) >= 11 is 0. The number of para-hydroxylation sites is 1. The minimum atomic E-state index is 0.0783. The molecule has 0 amide bonds. The molecule has 0 bridgehead atoms. The van der Waals surface area contributed by atoms with Crippen LogP contribution in [-0.2, 0) is 4.74 Å². The third-order valence-corrected chi connectivity index (χ3v) is 3.12. The summed E-state index contributed by atoms with van der Waals surface area (Å²) in [5.74, 6) is 1.03. The van der Waals surface area contributed by atoms with E-state index in [-0.39, 0.29) is 6.04 Å². The monoisotopic (exact) mass is 261 g/mol. The van der Waals surface area contributed by atoms with Crippen molar-refractivity contribution in [2.24, 2.45) is 5.92 Å². The molecule has 0 aliphatic carbocycles. The van der Waals surface area contributed by atoms with E-state index in [4.69, 9.17) is 10.5 Å². The number of hydrogen-bond acceptors (Lipinski definition) is 5. The molecular weight excluding hydrogens is 242 g/mol. The van der Waals surface area contributed by atoms with E-state index in [1.807, 2.05) is 24.3 Å². The van der Waals surface area contributed by atoms with E-state index in [1.165, 1.54) is 0 Å². The molecule has 1 aromatic carbocycles. The number of rotatable bonds is 5. The average Bonchev–Trinajstić information content (AvgIpc) is 2.84. The summed E-state index contributed by atoms with van der Waals surface area (Å²) in [6.07, 6.45) is 0. The predicted octanol–water partition coefficient (Wildman–Crippen LogP) is 1.77. The zero-order chi connectivity index (χ0) is 13.8. The molecule has 2 rings (SSSR count). The molecule has 0 spiro atoms. The third-order valence-electron chi connectivity index (χ3n) is 3.12. The van der Waals surface area contributed by atoms with Crippen molar-refractivity contribution in [1.29, 1.82) is 0 Å². The minimum Gasteiger partial charge on any atom is -0.398 e. The van der Waals surface area contributed by atoms with Crippen molar-refractivity contribution in [3.05, 3.63) is 24.3 Å². The van der Waals surface area contributed by atoms with Gasteiger partial charge in [-0.25, -0.2) is 4.68 Å². The number of ether oxygens (including phenoxy) is 1. The fraction of sp³-hybridized carbons (Fsp3) is 0.462. The molecular formula is C13H19N5O. The Hall–Kier alpha value is -1.95. The number of hydrogen-bond donors (Lipinski definition) is 1. The topological polar surface area (TPSA) is 78.8 Å². The van der Waals surface area contributed by atoms with Crippen LogP contribution >= 0.6 is 0 Å². The number of anilines is 1. The molecule has 2 aromatic rings. The number of nitrogens with zero attached hydrogens (tertiary/aromatic N) is 4. The molecule has 102 valence electrons. The van der Waals surface area contributed by atoms with E-state index in [0.29, 0.717) is 24.0 Å². The van der Waals surface area contributed by atoms with Gasteiger partial charge in [-0.05, 0) is 28.5 Å². The van der Waals surface area contributed by atoms with Crippen LogP contribution < -0.4 is 5.73 Å². The number of aromatic nitrogens is 4. The van der Waals surface area contributed by atoms with Gasteiger partial charge in [0.2, 0.25) is 0 Å². The second-order valence-electron chi connectivity index (χ2n) is 4.80. The van der Waals surface area contributed by atoms with Gasteiger partial charge in [0.15, 0.2) is 5.82 Å². The molecule has 0 saturated carbocycles. The first-order valence-corrected chi connectivity index (χ1v) is 6.26. The zero-order valence-corrected chi connectivity index (χ0v) is 11.4. The van der Waals surface area contributed by atoms with Gasteiger partial charge in [0.25, 0.3) is 0 Å². The van der Waals surface area contributed by atoms with Crippen molar-refractivity contribution < 1.29 is 4.74 Å². The van der Waals surface area contributed by atoms with Crippen LogP contribution in [0.2, 0.25) is 0 Å². The SMILES string of the molecule is COCC(C(C)C)n1nnnc1-c1ccccc1N. The van der Waals surface area contributed by atoms with E-state index in [1.54, 1.807) is 11.8 Å². The van der Waals surface area contributed by atoms with Crippen molar-refractivity contribution in [2.75, 3.05) is 19.5 Å². The standard InChI is InChI=1S/C13H19N5O/c1-9(2)12(8-19-3)18-13(15-16-17-18)10-6-4-5-7-11(10)14/h4-7,9,12H,8,14H2,1-3H3. The van der Waals surface area contributed by atoms with Gasteiger partial charge in [0.1, 0.15) is 0 Å². The van der Waals surface area contributed by atoms with Crippen LogP contribution in [0.5, 0.6) is 0 Å². The zero-order valence-electron chi connectivity index (χ0n) is 11.4. The Labute approximate surface area is 112 Å². The summed E-state index contributed by atoms with van der Waals surface area (Å²) in [5.41, 5.74) is 7.50. The number of nitrogen functional groups attached to an aromatic ring is 1. The highest BCUT2D eigenvalue weighted by Crippen LogP contribution is 2.27. The van der Waals surface area contributed by atoms with Gasteiger partial charge < -0.3 is 10.5 Å². The van der Waals surface area contributed by atoms with Crippen LogP contribution in [0.4, 0.5) is 5.69 Å². The molecule has 1 aromatic heterocycles. The smallest absolute Gasteiger partial charge is 0.184 e. The van der Waals surface area contributed by atoms with Gasteiger partial charge in [0.05, 0.1) is 12.6 Å². The van der Waals surface area contributed by atoms with Crippen molar-refractivity contribution in [1.82, 2.24) is 20.2 Å². The van der Waals surface area contributed by atoms with E-state index in [2.05, 4.69) is 29.4 Å². The number of methoxy groups -OCH3 is 1. The Morgan fingerprint density at radius 1 is 1.32 bits per heavy atom. The summed E-state index contributed by atoms with van der Waals surface area (Å²) in [6.45, 7) is 4.79. The molecule has 19 heavy (non-hydrogen) atoms. The molecule has 0 fully saturated rings. The second kappa shape index (κ2) is 5.79. The number of nitrogens with two attached hydrogens (primary N) is 1. The largest absolute Gasteiger partial charge is 0.398 e. The van der Waals surface area contributed by atoms with Gasteiger partial charge in [-0.3, -0.25) is 0 Å². The lowest BCUT2D eigenvalue weighted by molar-refractivity contribution is 0.126. The normalized spacial score (nSPS) is 12.8. The Kier molecular flexibility index (Phi) is 4.11. The average molecular weight is 261 g/mol. The molecule has 0 radical (unpaired) electrons. The quantitative estimate of drug-likeness (QED) is 0.830. The van der Waals surface area contributed by atoms with Crippen LogP contribution in [0.25, 0.3) is 11.4 Å². The lowest BCUT2D eigenvalue weighted by Crippen LogP contribution is -2.22. The molecule has 6 heteroatoms. The van der Waals surface area contributed by atoms with E-state index >= 15 is 0 Å². The van der Waals surface area contributed by atoms with Crippen molar-refractivity contribution >= 4 is 5.69 Å². The molecule has 1 heterocycles. The highest BCUT2D eigenvalue weighted by atomic mass is 16.5. The summed E-state index contributed by atoms with van der Waals surface area (Å²) in [4.78, 5) is 0. The van der Waals surface area contributed by atoms with Crippen LogP contribution in [0.15, 0.2) is 24.3 Å².